The number of aryl methyl sites for hydroxylation is 1. The summed E-state index contributed by atoms with van der Waals surface area (Å²) in [5.41, 5.74) is 1.33. The molecule has 4 aliphatic carbocycles. The van der Waals surface area contributed by atoms with Crippen LogP contribution in [0, 0.1) is 46.8 Å². The topological polar surface area (TPSA) is 68.0 Å². The maximum atomic E-state index is 13.9. The van der Waals surface area contributed by atoms with Crippen molar-refractivity contribution in [2.75, 3.05) is 6.61 Å². The summed E-state index contributed by atoms with van der Waals surface area (Å²) in [6, 6.07) is -0.144. The van der Waals surface area contributed by atoms with Crippen LogP contribution in [0.2, 0.25) is 0 Å². The highest BCUT2D eigenvalue weighted by Gasteiger charge is 2.62. The normalized spacial score (nSPS) is 41.1. The number of Topliss-reactive ketones (excluding diaryl/α,β-unsaturated/α-hetero) is 1. The Bertz CT molecular complexity index is 955. The Morgan fingerprint density at radius 1 is 1.16 bits per heavy atom. The molecule has 0 saturated heterocycles. The molecule has 0 aliphatic heterocycles. The average molecular weight is 440 g/mol. The molecule has 4 saturated carbocycles. The SMILES string of the molecule is CCOCc1cn([C@@H]2CC3C4CCC5CCCC[C@@]5(C)C4CC[C@@]3(C)C2=O)c(C)nc1=N. The van der Waals surface area contributed by atoms with Gasteiger partial charge in [0.15, 0.2) is 11.3 Å². The lowest BCUT2D eigenvalue weighted by Gasteiger charge is -2.59. The molecule has 4 unspecified atom stereocenters. The van der Waals surface area contributed by atoms with Gasteiger partial charge in [0.2, 0.25) is 0 Å². The van der Waals surface area contributed by atoms with Crippen molar-refractivity contribution in [1.82, 2.24) is 9.55 Å². The van der Waals surface area contributed by atoms with Gasteiger partial charge in [-0.1, -0.05) is 26.7 Å². The van der Waals surface area contributed by atoms with E-state index in [1.807, 2.05) is 20.0 Å². The Balaban J connectivity index is 1.47. The monoisotopic (exact) mass is 439 g/mol. The highest BCUT2D eigenvalue weighted by molar-refractivity contribution is 5.91. The third-order valence-electron chi connectivity index (χ3n) is 10.4. The van der Waals surface area contributed by atoms with Crippen LogP contribution >= 0.6 is 0 Å². The van der Waals surface area contributed by atoms with Crippen LogP contribution in [0.5, 0.6) is 0 Å². The van der Waals surface area contributed by atoms with Crippen LogP contribution in [0.1, 0.15) is 96.0 Å². The van der Waals surface area contributed by atoms with E-state index < -0.39 is 0 Å². The fraction of sp³-hybridized carbons (Fsp3) is 0.815. The predicted molar refractivity (Wildman–Crippen MR) is 124 cm³/mol. The molecule has 5 nitrogen and oxygen atoms in total. The van der Waals surface area contributed by atoms with Gasteiger partial charge in [0, 0.05) is 23.8 Å². The van der Waals surface area contributed by atoms with Gasteiger partial charge in [-0.3, -0.25) is 10.2 Å². The number of hydrogen-bond acceptors (Lipinski definition) is 4. The molecule has 5 rings (SSSR count). The van der Waals surface area contributed by atoms with E-state index in [4.69, 9.17) is 10.1 Å². The third-order valence-corrected chi connectivity index (χ3v) is 10.4. The Hall–Kier alpha value is -1.49. The van der Waals surface area contributed by atoms with Crippen molar-refractivity contribution < 1.29 is 9.53 Å². The lowest BCUT2D eigenvalue weighted by molar-refractivity contribution is -0.139. The lowest BCUT2D eigenvalue weighted by atomic mass is 9.45. The molecule has 4 fully saturated rings. The molecule has 7 atom stereocenters. The van der Waals surface area contributed by atoms with Crippen molar-refractivity contribution in [1.29, 1.82) is 5.41 Å². The zero-order valence-corrected chi connectivity index (χ0v) is 20.5. The van der Waals surface area contributed by atoms with Gasteiger partial charge in [-0.05, 0) is 87.9 Å². The van der Waals surface area contributed by atoms with Crippen LogP contribution in [0.25, 0.3) is 0 Å². The Morgan fingerprint density at radius 3 is 2.75 bits per heavy atom. The highest BCUT2D eigenvalue weighted by atomic mass is 16.5. The van der Waals surface area contributed by atoms with Crippen molar-refractivity contribution in [3.63, 3.8) is 0 Å². The number of nitrogens with one attached hydrogen (secondary N) is 1. The van der Waals surface area contributed by atoms with E-state index in [0.29, 0.717) is 36.2 Å². The minimum Gasteiger partial charge on any atom is -0.377 e. The molecule has 4 aliphatic rings. The number of nitrogens with zero attached hydrogens (tertiary/aromatic N) is 2. The van der Waals surface area contributed by atoms with E-state index in [0.717, 1.165) is 36.1 Å². The molecule has 176 valence electrons. The van der Waals surface area contributed by atoms with Gasteiger partial charge in [-0.2, -0.15) is 0 Å². The molecule has 1 aromatic heterocycles. The molecule has 0 radical (unpaired) electrons. The van der Waals surface area contributed by atoms with Gasteiger partial charge in [0.25, 0.3) is 0 Å². The molecular formula is C27H41N3O2. The maximum Gasteiger partial charge on any atom is 0.161 e. The zero-order chi connectivity index (χ0) is 22.7. The summed E-state index contributed by atoms with van der Waals surface area (Å²) in [4.78, 5) is 18.4. The van der Waals surface area contributed by atoms with Gasteiger partial charge in [-0.15, -0.1) is 0 Å². The summed E-state index contributed by atoms with van der Waals surface area (Å²) in [7, 11) is 0. The van der Waals surface area contributed by atoms with Crippen molar-refractivity contribution in [3.8, 4) is 0 Å². The molecular weight excluding hydrogens is 398 g/mol. The third kappa shape index (κ3) is 3.25. The lowest BCUT2D eigenvalue weighted by Crippen LogP contribution is -2.52. The standard InChI is InChI=1S/C27H41N3O2/c1-5-32-16-18-15-30(17(2)29-25(18)28)23-14-22-20-10-9-19-8-6-7-12-26(19,3)21(20)11-13-27(22,4)24(23)31/h15,19-23,28H,5-14,16H2,1-4H3/t19?,20?,21?,22?,23-,26-,27-/m1/s1. The summed E-state index contributed by atoms with van der Waals surface area (Å²) in [6.07, 6.45) is 13.5. The molecule has 0 bridgehead atoms. The largest absolute Gasteiger partial charge is 0.377 e. The molecule has 0 amide bonds. The average Bonchev–Trinajstić information content (AvgIpc) is 3.04. The molecule has 0 spiro atoms. The quantitative estimate of drug-likeness (QED) is 0.687. The first-order valence-electron chi connectivity index (χ1n) is 13.0. The van der Waals surface area contributed by atoms with Gasteiger partial charge in [-0.25, -0.2) is 4.98 Å². The predicted octanol–water partition coefficient (Wildman–Crippen LogP) is 5.36. The summed E-state index contributed by atoms with van der Waals surface area (Å²) < 4.78 is 7.66. The number of carbonyl (C=O) groups is 1. The van der Waals surface area contributed by atoms with Crippen LogP contribution in [0.3, 0.4) is 0 Å². The summed E-state index contributed by atoms with van der Waals surface area (Å²) in [5, 5.41) is 8.25. The van der Waals surface area contributed by atoms with Gasteiger partial charge in [0.05, 0.1) is 12.6 Å². The zero-order valence-electron chi connectivity index (χ0n) is 20.5. The van der Waals surface area contributed by atoms with E-state index >= 15 is 0 Å². The van der Waals surface area contributed by atoms with Gasteiger partial charge < -0.3 is 9.30 Å². The smallest absolute Gasteiger partial charge is 0.161 e. The van der Waals surface area contributed by atoms with Gasteiger partial charge >= 0.3 is 0 Å². The molecule has 1 aromatic rings. The first kappa shape index (κ1) is 22.3. The van der Waals surface area contributed by atoms with E-state index in [1.54, 1.807) is 0 Å². The van der Waals surface area contributed by atoms with Crippen molar-refractivity contribution >= 4 is 5.78 Å². The summed E-state index contributed by atoms with van der Waals surface area (Å²) in [5.74, 6) is 4.05. The van der Waals surface area contributed by atoms with Crippen molar-refractivity contribution in [2.45, 2.75) is 98.1 Å². The fourth-order valence-electron chi connectivity index (χ4n) is 8.57. The number of rotatable bonds is 4. The van der Waals surface area contributed by atoms with Crippen LogP contribution in [0.4, 0.5) is 0 Å². The number of ether oxygens (including phenoxy) is 1. The maximum absolute atomic E-state index is 13.9. The van der Waals surface area contributed by atoms with Crippen molar-refractivity contribution in [3.05, 3.63) is 23.1 Å². The van der Waals surface area contributed by atoms with E-state index in [1.165, 1.54) is 44.9 Å². The van der Waals surface area contributed by atoms with Crippen LogP contribution in [0.15, 0.2) is 6.20 Å². The van der Waals surface area contributed by atoms with Gasteiger partial charge in [0.1, 0.15) is 5.82 Å². The van der Waals surface area contributed by atoms with E-state index in [2.05, 4.69) is 23.4 Å². The van der Waals surface area contributed by atoms with E-state index in [-0.39, 0.29) is 16.9 Å². The number of hydrogen-bond donors (Lipinski definition) is 1. The summed E-state index contributed by atoms with van der Waals surface area (Å²) >= 11 is 0. The van der Waals surface area contributed by atoms with Crippen LogP contribution < -0.4 is 5.49 Å². The number of aromatic nitrogens is 2. The first-order valence-corrected chi connectivity index (χ1v) is 13.0. The van der Waals surface area contributed by atoms with Crippen molar-refractivity contribution in [2.24, 2.45) is 34.5 Å². The number of fused-ring (bicyclic) bond motifs is 5. The molecule has 1 heterocycles. The van der Waals surface area contributed by atoms with Crippen LogP contribution in [-0.4, -0.2) is 21.9 Å². The second kappa shape index (κ2) is 8.07. The molecule has 0 aromatic carbocycles. The Kier molecular flexibility index (Phi) is 5.63. The number of ketones is 1. The van der Waals surface area contributed by atoms with Crippen LogP contribution in [-0.2, 0) is 16.1 Å². The fourth-order valence-corrected chi connectivity index (χ4v) is 8.57. The molecule has 5 heteroatoms. The highest BCUT2D eigenvalue weighted by Crippen LogP contribution is 2.66. The second-order valence-electron chi connectivity index (χ2n) is 11.7. The Morgan fingerprint density at radius 2 is 1.97 bits per heavy atom. The number of carbonyl (C=O) groups excluding carboxylic acids is 1. The minimum absolute atomic E-state index is 0.144. The molecule has 32 heavy (non-hydrogen) atoms. The Labute approximate surface area is 192 Å². The second-order valence-corrected chi connectivity index (χ2v) is 11.7. The molecule has 1 N–H and O–H groups in total. The minimum atomic E-state index is -0.206. The summed E-state index contributed by atoms with van der Waals surface area (Å²) in [6.45, 7) is 9.77. The first-order chi connectivity index (χ1) is 15.3. The van der Waals surface area contributed by atoms with E-state index in [9.17, 15) is 4.79 Å².